The molecule has 0 fully saturated rings. The van der Waals surface area contributed by atoms with Gasteiger partial charge in [0.25, 0.3) is 0 Å². The Morgan fingerprint density at radius 3 is 2.55 bits per heavy atom. The second-order valence-corrected chi connectivity index (χ2v) is 1.69. The maximum atomic E-state index is 5.12. The van der Waals surface area contributed by atoms with Gasteiger partial charge in [0.15, 0.2) is 0 Å². The van der Waals surface area contributed by atoms with Gasteiger partial charge in [-0.15, -0.1) is 0 Å². The molecule has 3 heteroatoms. The predicted molar refractivity (Wildman–Crippen MR) is 42.8 cm³/mol. The van der Waals surface area contributed by atoms with Gasteiger partial charge in [0, 0.05) is 6.61 Å². The second-order valence-electron chi connectivity index (χ2n) is 1.69. The van der Waals surface area contributed by atoms with Gasteiger partial charge in [0.1, 0.15) is 6.61 Å². The second kappa shape index (κ2) is 7.15. The Labute approximate surface area is 67.3 Å². The summed E-state index contributed by atoms with van der Waals surface area (Å²) in [7, 11) is 0. The molecule has 0 heterocycles. The van der Waals surface area contributed by atoms with E-state index in [4.69, 9.17) is 14.2 Å². The lowest BCUT2D eigenvalue weighted by Gasteiger charge is -2.14. The average molecular weight is 158 g/mol. The van der Waals surface area contributed by atoms with E-state index in [9.17, 15) is 0 Å². The van der Waals surface area contributed by atoms with Crippen molar-refractivity contribution < 1.29 is 14.2 Å². The molecule has 11 heavy (non-hydrogen) atoms. The quantitative estimate of drug-likeness (QED) is 0.416. The topological polar surface area (TPSA) is 27.7 Å². The van der Waals surface area contributed by atoms with Crippen molar-refractivity contribution in [2.75, 3.05) is 13.2 Å². The molecular formula is C8H14O3. The summed E-state index contributed by atoms with van der Waals surface area (Å²) in [4.78, 5) is 0. The first-order valence-electron chi connectivity index (χ1n) is 3.45. The summed E-state index contributed by atoms with van der Waals surface area (Å²) in [6.45, 7) is 9.60. The van der Waals surface area contributed by atoms with E-state index in [0.717, 1.165) is 0 Å². The normalized spacial score (nSPS) is 11.7. The van der Waals surface area contributed by atoms with E-state index >= 15 is 0 Å². The highest BCUT2D eigenvalue weighted by Crippen LogP contribution is 1.96. The first-order valence-corrected chi connectivity index (χ1v) is 3.45. The van der Waals surface area contributed by atoms with Crippen molar-refractivity contribution in [2.24, 2.45) is 0 Å². The van der Waals surface area contributed by atoms with Crippen LogP contribution in [-0.4, -0.2) is 19.5 Å². The summed E-state index contributed by atoms with van der Waals surface area (Å²) in [6, 6.07) is 0. The molecule has 0 aliphatic heterocycles. The number of ether oxygens (including phenoxy) is 3. The van der Waals surface area contributed by atoms with Crippen molar-refractivity contribution in [1.29, 1.82) is 0 Å². The van der Waals surface area contributed by atoms with Crippen LogP contribution in [0.4, 0.5) is 0 Å². The van der Waals surface area contributed by atoms with Crippen LogP contribution in [0.25, 0.3) is 0 Å². The third kappa shape index (κ3) is 5.48. The molecule has 1 unspecified atom stereocenters. The number of rotatable bonds is 7. The largest absolute Gasteiger partial charge is 0.495 e. The minimum Gasteiger partial charge on any atom is -0.495 e. The lowest BCUT2D eigenvalue weighted by Crippen LogP contribution is -2.20. The molecular weight excluding hydrogens is 144 g/mol. The van der Waals surface area contributed by atoms with Gasteiger partial charge in [-0.2, -0.15) is 0 Å². The monoisotopic (exact) mass is 158 g/mol. The van der Waals surface area contributed by atoms with E-state index < -0.39 is 0 Å². The highest BCUT2D eigenvalue weighted by Gasteiger charge is 2.05. The Kier molecular flexibility index (Phi) is 6.53. The Morgan fingerprint density at radius 1 is 1.36 bits per heavy atom. The van der Waals surface area contributed by atoms with E-state index in [1.54, 1.807) is 0 Å². The molecule has 0 bridgehead atoms. The molecule has 0 aromatic heterocycles. The number of hydrogen-bond acceptors (Lipinski definition) is 3. The van der Waals surface area contributed by atoms with Crippen LogP contribution in [0, 0.1) is 0 Å². The zero-order chi connectivity index (χ0) is 8.53. The molecule has 0 radical (unpaired) electrons. The van der Waals surface area contributed by atoms with Crippen LogP contribution < -0.4 is 0 Å². The van der Waals surface area contributed by atoms with Crippen LogP contribution in [0.5, 0.6) is 0 Å². The summed E-state index contributed by atoms with van der Waals surface area (Å²) in [5, 5.41) is 0. The van der Waals surface area contributed by atoms with Gasteiger partial charge in [-0.25, -0.2) is 0 Å². The van der Waals surface area contributed by atoms with Crippen LogP contribution in [0.3, 0.4) is 0 Å². The highest BCUT2D eigenvalue weighted by atomic mass is 16.7. The van der Waals surface area contributed by atoms with Crippen molar-refractivity contribution in [1.82, 2.24) is 0 Å². The Morgan fingerprint density at radius 2 is 2.09 bits per heavy atom. The summed E-state index contributed by atoms with van der Waals surface area (Å²) in [6.07, 6.45) is 2.29. The molecule has 3 nitrogen and oxygen atoms in total. The molecule has 0 rings (SSSR count). The average Bonchev–Trinajstić information content (AvgIpc) is 2.01. The zero-order valence-corrected chi connectivity index (χ0v) is 6.79. The first-order chi connectivity index (χ1) is 5.35. The summed E-state index contributed by atoms with van der Waals surface area (Å²) >= 11 is 0. The molecule has 1 atom stereocenters. The van der Waals surface area contributed by atoms with Gasteiger partial charge < -0.3 is 14.2 Å². The third-order valence-corrected chi connectivity index (χ3v) is 0.951. The molecule has 0 amide bonds. The molecule has 0 aliphatic rings. The Hall–Kier alpha value is -0.960. The molecule has 0 saturated heterocycles. The van der Waals surface area contributed by atoms with E-state index in [-0.39, 0.29) is 6.29 Å². The van der Waals surface area contributed by atoms with Crippen LogP contribution in [-0.2, 0) is 14.2 Å². The van der Waals surface area contributed by atoms with E-state index in [2.05, 4.69) is 13.2 Å². The fourth-order valence-electron chi connectivity index (χ4n) is 0.567. The van der Waals surface area contributed by atoms with Crippen molar-refractivity contribution in [3.8, 4) is 0 Å². The van der Waals surface area contributed by atoms with Crippen molar-refractivity contribution in [3.63, 3.8) is 0 Å². The van der Waals surface area contributed by atoms with Gasteiger partial charge in [-0.3, -0.25) is 0 Å². The van der Waals surface area contributed by atoms with Gasteiger partial charge in [0.05, 0.1) is 12.5 Å². The standard InChI is InChI=1S/C8H14O3/c1-4-9-7-8(10-5-2)11-6-3/h4-5,8H,1-2,6-7H2,3H3. The molecule has 0 N–H and O–H groups in total. The summed E-state index contributed by atoms with van der Waals surface area (Å²) < 4.78 is 14.9. The smallest absolute Gasteiger partial charge is 0.233 e. The maximum absolute atomic E-state index is 5.12. The molecule has 0 aliphatic carbocycles. The molecule has 0 aromatic carbocycles. The van der Waals surface area contributed by atoms with Gasteiger partial charge in [-0.1, -0.05) is 13.2 Å². The lowest BCUT2D eigenvalue weighted by atomic mass is 10.6. The van der Waals surface area contributed by atoms with Crippen molar-refractivity contribution >= 4 is 0 Å². The van der Waals surface area contributed by atoms with Crippen molar-refractivity contribution in [2.45, 2.75) is 13.2 Å². The maximum Gasteiger partial charge on any atom is 0.233 e. The van der Waals surface area contributed by atoms with Gasteiger partial charge >= 0.3 is 0 Å². The minimum atomic E-state index is -0.379. The third-order valence-electron chi connectivity index (χ3n) is 0.951. The van der Waals surface area contributed by atoms with Crippen LogP contribution in [0.2, 0.25) is 0 Å². The first kappa shape index (κ1) is 10.0. The lowest BCUT2D eigenvalue weighted by molar-refractivity contribution is -0.128. The van der Waals surface area contributed by atoms with Gasteiger partial charge in [-0.05, 0) is 6.92 Å². The molecule has 0 aromatic rings. The molecule has 0 spiro atoms. The summed E-state index contributed by atoms with van der Waals surface area (Å²) in [5.74, 6) is 0. The molecule has 64 valence electrons. The van der Waals surface area contributed by atoms with E-state index in [1.165, 1.54) is 12.5 Å². The van der Waals surface area contributed by atoms with E-state index in [0.29, 0.717) is 13.2 Å². The van der Waals surface area contributed by atoms with Crippen LogP contribution in [0.1, 0.15) is 6.92 Å². The van der Waals surface area contributed by atoms with E-state index in [1.807, 2.05) is 6.92 Å². The highest BCUT2D eigenvalue weighted by molar-refractivity contribution is 4.55. The SMILES string of the molecule is C=COCC(OC=C)OCC. The number of hydrogen-bond donors (Lipinski definition) is 0. The Balaban J connectivity index is 3.49. The van der Waals surface area contributed by atoms with Crippen molar-refractivity contribution in [3.05, 3.63) is 25.7 Å². The minimum absolute atomic E-state index is 0.337. The van der Waals surface area contributed by atoms with Crippen LogP contribution >= 0.6 is 0 Å². The summed E-state index contributed by atoms with van der Waals surface area (Å²) in [5.41, 5.74) is 0. The van der Waals surface area contributed by atoms with Crippen LogP contribution in [0.15, 0.2) is 25.7 Å². The Bertz CT molecular complexity index is 112. The molecule has 0 saturated carbocycles. The fourth-order valence-corrected chi connectivity index (χ4v) is 0.567. The van der Waals surface area contributed by atoms with Gasteiger partial charge in [0.2, 0.25) is 6.29 Å². The fraction of sp³-hybridized carbons (Fsp3) is 0.500. The predicted octanol–water partition coefficient (Wildman–Crippen LogP) is 1.67. The zero-order valence-electron chi connectivity index (χ0n) is 6.79.